The Morgan fingerprint density at radius 3 is 2.30 bits per heavy atom. The van der Waals surface area contributed by atoms with E-state index in [0.717, 1.165) is 5.39 Å². The molecular weight excluding hydrogens is 293 g/mol. The smallest absolute Gasteiger partial charge is 0.115 e. The summed E-state index contributed by atoms with van der Waals surface area (Å²) in [6.45, 7) is 8.70. The third-order valence-electron chi connectivity index (χ3n) is 2.59. The second-order valence-corrected chi connectivity index (χ2v) is 5.70. The third kappa shape index (κ3) is 5.71. The standard InChI is InChI=1S/C10H13N.C4H4N2.C2H5.Ni/c1-7(2)9-6-4-5-8(3)10(9)11;1-2-5-4-6-3-1;1-2;/h4-7H,1-3H3;1-4H;1H2,2H3;. The van der Waals surface area contributed by atoms with Crippen LogP contribution in [0.5, 0.6) is 0 Å². The normalized spacial score (nSPS) is 11.2. The first-order valence-corrected chi connectivity index (χ1v) is 7.82. The SMILES string of the molecule is C[CH2]/[Ni]=[N]/c1c(C)cccc1C(C)C.c1cncnc1. The Labute approximate surface area is 127 Å². The van der Waals surface area contributed by atoms with Gasteiger partial charge in [0.25, 0.3) is 0 Å². The van der Waals surface area contributed by atoms with Crippen LogP contribution >= 0.6 is 0 Å². The molecule has 111 valence electrons. The molecule has 0 amide bonds. The van der Waals surface area contributed by atoms with Crippen molar-refractivity contribution in [2.45, 2.75) is 39.0 Å². The van der Waals surface area contributed by atoms with Gasteiger partial charge in [0.1, 0.15) is 6.33 Å². The average molecular weight is 315 g/mol. The first kappa shape index (κ1) is 16.6. The summed E-state index contributed by atoms with van der Waals surface area (Å²) in [5, 5.41) is 1.05. The van der Waals surface area contributed by atoms with Gasteiger partial charge in [-0.3, -0.25) is 0 Å². The van der Waals surface area contributed by atoms with Crippen LogP contribution in [0.3, 0.4) is 0 Å². The van der Waals surface area contributed by atoms with Gasteiger partial charge in [0.05, 0.1) is 0 Å². The van der Waals surface area contributed by atoms with Crippen molar-refractivity contribution in [1.29, 1.82) is 0 Å². The van der Waals surface area contributed by atoms with Crippen molar-refractivity contribution in [2.24, 2.45) is 4.03 Å². The summed E-state index contributed by atoms with van der Waals surface area (Å²) < 4.78 is 4.58. The first-order valence-electron chi connectivity index (χ1n) is 6.68. The maximum Gasteiger partial charge on any atom is 0.115 e. The number of aryl methyl sites for hydroxylation is 1. The van der Waals surface area contributed by atoms with Crippen LogP contribution in [-0.4, -0.2) is 9.97 Å². The zero-order valence-electron chi connectivity index (χ0n) is 12.5. The van der Waals surface area contributed by atoms with E-state index in [0.29, 0.717) is 5.92 Å². The Morgan fingerprint density at radius 1 is 1.15 bits per heavy atom. The van der Waals surface area contributed by atoms with E-state index in [-0.39, 0.29) is 0 Å². The van der Waals surface area contributed by atoms with Crippen LogP contribution in [0.15, 0.2) is 47.0 Å². The maximum absolute atomic E-state index is 4.58. The fourth-order valence-electron chi connectivity index (χ4n) is 1.60. The van der Waals surface area contributed by atoms with Gasteiger partial charge in [-0.2, -0.15) is 0 Å². The third-order valence-corrected chi connectivity index (χ3v) is 3.28. The minimum Gasteiger partial charge on any atom is -0.245 e. The van der Waals surface area contributed by atoms with Gasteiger partial charge in [-0.05, 0) is 6.07 Å². The number of hydrogen-bond acceptors (Lipinski definition) is 3. The fourth-order valence-corrected chi connectivity index (χ4v) is 2.21. The van der Waals surface area contributed by atoms with Crippen LogP contribution in [0.1, 0.15) is 37.8 Å². The molecule has 0 N–H and O–H groups in total. The molecule has 0 radical (unpaired) electrons. The minimum absolute atomic E-state index is 0.551. The Hall–Kier alpha value is -1.41. The second-order valence-electron chi connectivity index (χ2n) is 4.47. The molecule has 3 nitrogen and oxygen atoms in total. The van der Waals surface area contributed by atoms with Crippen molar-refractivity contribution in [3.63, 3.8) is 0 Å². The number of benzene rings is 1. The largest absolute Gasteiger partial charge is 0.245 e. The molecule has 0 bridgehead atoms. The van der Waals surface area contributed by atoms with E-state index < -0.39 is 0 Å². The zero-order valence-corrected chi connectivity index (χ0v) is 13.5. The van der Waals surface area contributed by atoms with E-state index in [1.54, 1.807) is 18.5 Å². The summed E-state index contributed by atoms with van der Waals surface area (Å²) in [6, 6.07) is 8.20. The van der Waals surface area contributed by atoms with E-state index in [1.165, 1.54) is 37.4 Å². The topological polar surface area (TPSA) is 38.1 Å². The molecule has 0 saturated carbocycles. The van der Waals surface area contributed by atoms with Crippen LogP contribution in [-0.2, 0) is 14.2 Å². The van der Waals surface area contributed by atoms with Gasteiger partial charge in [-0.15, -0.1) is 0 Å². The molecule has 0 aliphatic heterocycles. The molecular formula is C16H22N3Ni. The molecule has 0 aliphatic rings. The van der Waals surface area contributed by atoms with Crippen molar-refractivity contribution in [3.8, 4) is 0 Å². The van der Waals surface area contributed by atoms with Crippen molar-refractivity contribution in [3.05, 3.63) is 54.1 Å². The minimum atomic E-state index is 0.551. The molecule has 0 unspecified atom stereocenters. The number of aromatic nitrogens is 2. The van der Waals surface area contributed by atoms with Gasteiger partial charge in [0.2, 0.25) is 0 Å². The van der Waals surface area contributed by atoms with E-state index in [2.05, 4.69) is 59.9 Å². The Kier molecular flexibility index (Phi) is 7.90. The molecule has 1 heterocycles. The predicted octanol–water partition coefficient (Wildman–Crippen LogP) is 4.93. The van der Waals surface area contributed by atoms with E-state index >= 15 is 0 Å². The summed E-state index contributed by atoms with van der Waals surface area (Å²) in [7, 11) is 0. The Morgan fingerprint density at radius 2 is 1.85 bits per heavy atom. The molecule has 1 aromatic carbocycles. The van der Waals surface area contributed by atoms with Crippen molar-refractivity contribution in [1.82, 2.24) is 9.97 Å². The van der Waals surface area contributed by atoms with Gasteiger partial charge in [-0.25, -0.2) is 9.97 Å². The van der Waals surface area contributed by atoms with Crippen molar-refractivity contribution >= 4 is 5.69 Å². The van der Waals surface area contributed by atoms with Crippen LogP contribution in [0.25, 0.3) is 0 Å². The first-order chi connectivity index (χ1) is 9.66. The molecule has 2 aromatic rings. The monoisotopic (exact) mass is 314 g/mol. The molecule has 20 heavy (non-hydrogen) atoms. The van der Waals surface area contributed by atoms with Crippen LogP contribution in [0.4, 0.5) is 5.69 Å². The van der Waals surface area contributed by atoms with Crippen LogP contribution < -0.4 is 0 Å². The van der Waals surface area contributed by atoms with Crippen LogP contribution in [0.2, 0.25) is 5.39 Å². The number of nitrogens with zero attached hydrogens (tertiary/aromatic N) is 3. The molecule has 0 saturated heterocycles. The Balaban J connectivity index is 0.000000276. The Bertz CT molecular complexity index is 498. The summed E-state index contributed by atoms with van der Waals surface area (Å²) in [4.78, 5) is 7.35. The van der Waals surface area contributed by atoms with Gasteiger partial charge in [0, 0.05) is 12.4 Å². The molecule has 0 aliphatic carbocycles. The van der Waals surface area contributed by atoms with Gasteiger partial charge in [0.15, 0.2) is 0 Å². The molecule has 1 aromatic heterocycles. The molecule has 0 atom stereocenters. The van der Waals surface area contributed by atoms with Crippen molar-refractivity contribution in [2.75, 3.05) is 0 Å². The molecule has 0 fully saturated rings. The fraction of sp³-hybridized carbons (Fsp3) is 0.375. The number of hydrogen-bond donors (Lipinski definition) is 0. The maximum atomic E-state index is 4.58. The van der Waals surface area contributed by atoms with Gasteiger partial charge >= 0.3 is 92.3 Å². The summed E-state index contributed by atoms with van der Waals surface area (Å²) in [5.74, 6) is 0.551. The zero-order chi connectivity index (χ0) is 14.8. The van der Waals surface area contributed by atoms with Crippen LogP contribution in [0, 0.1) is 6.92 Å². The molecule has 4 heteroatoms. The van der Waals surface area contributed by atoms with Gasteiger partial charge in [-0.1, -0.05) is 0 Å². The average Bonchev–Trinajstić information content (AvgIpc) is 2.48. The summed E-state index contributed by atoms with van der Waals surface area (Å²) >= 11 is 1.46. The predicted molar refractivity (Wildman–Crippen MR) is 79.9 cm³/mol. The summed E-state index contributed by atoms with van der Waals surface area (Å²) in [6.07, 6.45) is 4.88. The number of rotatable bonds is 3. The summed E-state index contributed by atoms with van der Waals surface area (Å²) in [5.41, 5.74) is 3.82. The van der Waals surface area contributed by atoms with Gasteiger partial charge < -0.3 is 0 Å². The molecule has 2 rings (SSSR count). The van der Waals surface area contributed by atoms with E-state index in [4.69, 9.17) is 0 Å². The van der Waals surface area contributed by atoms with Crippen molar-refractivity contribution < 1.29 is 14.2 Å². The molecule has 0 spiro atoms. The van der Waals surface area contributed by atoms with E-state index in [9.17, 15) is 0 Å². The second kappa shape index (κ2) is 9.49. The van der Waals surface area contributed by atoms with E-state index in [1.807, 2.05) is 0 Å². The quantitative estimate of drug-likeness (QED) is 0.753.